The number of thioether (sulfide) groups is 1. The number of nitrogens with zero attached hydrogens (tertiary/aromatic N) is 4. The second-order valence-electron chi connectivity index (χ2n) is 6.80. The van der Waals surface area contributed by atoms with Crippen molar-refractivity contribution in [3.05, 3.63) is 54.2 Å². The number of nitrogens with one attached hydrogen (secondary N) is 1. The van der Waals surface area contributed by atoms with Crippen molar-refractivity contribution >= 4 is 29.3 Å². The maximum Gasteiger partial charge on any atom is 0.228 e. The lowest BCUT2D eigenvalue weighted by Crippen LogP contribution is -2.22. The molecule has 0 spiro atoms. The van der Waals surface area contributed by atoms with Crippen LogP contribution in [0.15, 0.2) is 52.2 Å². The van der Waals surface area contributed by atoms with E-state index in [4.69, 9.17) is 4.42 Å². The van der Waals surface area contributed by atoms with Crippen LogP contribution in [0.3, 0.4) is 0 Å². The second kappa shape index (κ2) is 9.13. The minimum absolute atomic E-state index is 0.124. The quantitative estimate of drug-likeness (QED) is 0.565. The van der Waals surface area contributed by atoms with Crippen LogP contribution < -0.4 is 10.2 Å². The molecule has 3 heterocycles. The molecule has 0 bridgehead atoms. The minimum atomic E-state index is -0.330. The van der Waals surface area contributed by atoms with Gasteiger partial charge in [0.2, 0.25) is 11.9 Å². The Hall–Kier alpha value is -2.81. The summed E-state index contributed by atoms with van der Waals surface area (Å²) in [6.45, 7) is 2.50. The van der Waals surface area contributed by atoms with E-state index < -0.39 is 0 Å². The molecule has 0 aliphatic carbocycles. The molecule has 0 unspecified atom stereocenters. The van der Waals surface area contributed by atoms with Crippen molar-refractivity contribution in [1.82, 2.24) is 14.8 Å². The number of halogens is 1. The van der Waals surface area contributed by atoms with Gasteiger partial charge in [-0.1, -0.05) is 11.8 Å². The summed E-state index contributed by atoms with van der Waals surface area (Å²) in [5.74, 6) is 1.78. The summed E-state index contributed by atoms with van der Waals surface area (Å²) in [7, 11) is 0. The summed E-state index contributed by atoms with van der Waals surface area (Å²) in [5.41, 5.74) is 0.582. The van der Waals surface area contributed by atoms with Gasteiger partial charge in [-0.2, -0.15) is 0 Å². The summed E-state index contributed by atoms with van der Waals surface area (Å²) in [4.78, 5) is 14.4. The number of carbonyl (C=O) groups excluding carboxylic acids is 1. The number of amides is 1. The van der Waals surface area contributed by atoms with Gasteiger partial charge < -0.3 is 14.6 Å². The lowest BCUT2D eigenvalue weighted by molar-refractivity contribution is -0.115. The third-order valence-corrected chi connectivity index (χ3v) is 5.64. The Balaban J connectivity index is 1.38. The largest absolute Gasteiger partial charge is 0.467 e. The van der Waals surface area contributed by atoms with Crippen LogP contribution in [0.2, 0.25) is 0 Å². The standard InChI is InChI=1S/C20H22FN5O2S/c21-15-5-7-16(8-6-15)22-18(27)9-13-29-20-24-23-19(25-10-1-2-11-25)26(20)14-17-4-3-12-28-17/h3-8,12H,1-2,9-11,13-14H2,(H,22,27). The van der Waals surface area contributed by atoms with Gasteiger partial charge in [0.15, 0.2) is 5.16 Å². The molecule has 0 atom stereocenters. The number of anilines is 2. The number of hydrogen-bond acceptors (Lipinski definition) is 6. The summed E-state index contributed by atoms with van der Waals surface area (Å²) in [6.07, 6.45) is 4.27. The van der Waals surface area contributed by atoms with Crippen molar-refractivity contribution in [1.29, 1.82) is 0 Å². The number of hydrogen-bond donors (Lipinski definition) is 1. The van der Waals surface area contributed by atoms with E-state index >= 15 is 0 Å². The van der Waals surface area contributed by atoms with E-state index in [1.807, 2.05) is 16.7 Å². The molecule has 152 valence electrons. The highest BCUT2D eigenvalue weighted by atomic mass is 32.2. The first kappa shape index (κ1) is 19.5. The fraction of sp³-hybridized carbons (Fsp3) is 0.350. The van der Waals surface area contributed by atoms with Crippen LogP contribution in [-0.2, 0) is 11.3 Å². The van der Waals surface area contributed by atoms with Gasteiger partial charge in [-0.3, -0.25) is 9.36 Å². The minimum Gasteiger partial charge on any atom is -0.467 e. The Bertz CT molecular complexity index is 936. The molecule has 1 amide bonds. The lowest BCUT2D eigenvalue weighted by atomic mass is 10.3. The SMILES string of the molecule is O=C(CCSc1nnc(N2CCCC2)n1Cc1ccco1)Nc1ccc(F)cc1. The van der Waals surface area contributed by atoms with Crippen LogP contribution in [0.4, 0.5) is 16.0 Å². The Morgan fingerprint density at radius 2 is 1.97 bits per heavy atom. The number of furan rings is 1. The zero-order valence-corrected chi connectivity index (χ0v) is 16.7. The van der Waals surface area contributed by atoms with Crippen LogP contribution in [-0.4, -0.2) is 39.5 Å². The molecule has 1 aromatic carbocycles. The molecule has 29 heavy (non-hydrogen) atoms. The van der Waals surface area contributed by atoms with Crippen LogP contribution >= 0.6 is 11.8 Å². The zero-order valence-electron chi connectivity index (χ0n) is 15.9. The van der Waals surface area contributed by atoms with Gasteiger partial charge in [0.25, 0.3) is 0 Å². The maximum atomic E-state index is 13.0. The Labute approximate surface area is 172 Å². The van der Waals surface area contributed by atoms with Gasteiger partial charge in [-0.15, -0.1) is 10.2 Å². The molecule has 0 saturated carbocycles. The normalized spacial score (nSPS) is 13.8. The second-order valence-corrected chi connectivity index (χ2v) is 7.86. The molecule has 1 saturated heterocycles. The van der Waals surface area contributed by atoms with Gasteiger partial charge in [0.05, 0.1) is 12.8 Å². The Kier molecular flexibility index (Phi) is 6.14. The highest BCUT2D eigenvalue weighted by molar-refractivity contribution is 7.99. The first-order chi connectivity index (χ1) is 14.2. The Morgan fingerprint density at radius 1 is 1.17 bits per heavy atom. The average molecular weight is 415 g/mol. The summed E-state index contributed by atoms with van der Waals surface area (Å²) in [6, 6.07) is 9.52. The van der Waals surface area contributed by atoms with Crippen molar-refractivity contribution in [3.63, 3.8) is 0 Å². The highest BCUT2D eigenvalue weighted by Gasteiger charge is 2.22. The molecule has 4 rings (SSSR count). The number of aromatic nitrogens is 3. The molecule has 1 aliphatic rings. The van der Waals surface area contributed by atoms with E-state index in [2.05, 4.69) is 20.4 Å². The average Bonchev–Trinajstić information content (AvgIpc) is 3.47. The molecular formula is C20H22FN5O2S. The topological polar surface area (TPSA) is 76.2 Å². The highest BCUT2D eigenvalue weighted by Crippen LogP contribution is 2.26. The zero-order chi connectivity index (χ0) is 20.1. The summed E-state index contributed by atoms with van der Waals surface area (Å²) >= 11 is 1.49. The van der Waals surface area contributed by atoms with E-state index in [9.17, 15) is 9.18 Å². The summed E-state index contributed by atoms with van der Waals surface area (Å²) < 4.78 is 20.5. The van der Waals surface area contributed by atoms with Crippen LogP contribution in [0.1, 0.15) is 25.0 Å². The monoisotopic (exact) mass is 415 g/mol. The molecule has 2 aromatic heterocycles. The van der Waals surface area contributed by atoms with Crippen molar-refractivity contribution in [3.8, 4) is 0 Å². The van der Waals surface area contributed by atoms with E-state index in [-0.39, 0.29) is 11.7 Å². The molecule has 1 N–H and O–H groups in total. The van der Waals surface area contributed by atoms with Gasteiger partial charge in [-0.05, 0) is 49.2 Å². The van der Waals surface area contributed by atoms with Crippen LogP contribution in [0.25, 0.3) is 0 Å². The predicted molar refractivity (Wildman–Crippen MR) is 110 cm³/mol. The van der Waals surface area contributed by atoms with E-state index in [1.165, 1.54) is 23.9 Å². The predicted octanol–water partition coefficient (Wildman–Crippen LogP) is 3.78. The van der Waals surface area contributed by atoms with Gasteiger partial charge in [0.1, 0.15) is 11.6 Å². The van der Waals surface area contributed by atoms with Crippen molar-refractivity contribution in [2.24, 2.45) is 0 Å². The summed E-state index contributed by atoms with van der Waals surface area (Å²) in [5, 5.41) is 12.3. The number of carbonyl (C=O) groups is 1. The number of rotatable bonds is 8. The molecular weight excluding hydrogens is 393 g/mol. The van der Waals surface area contributed by atoms with Crippen molar-refractivity contribution < 1.29 is 13.6 Å². The third-order valence-electron chi connectivity index (χ3n) is 4.67. The van der Waals surface area contributed by atoms with Crippen molar-refractivity contribution in [2.75, 3.05) is 29.1 Å². The molecule has 3 aromatic rings. The van der Waals surface area contributed by atoms with E-state index in [1.54, 1.807) is 18.4 Å². The van der Waals surface area contributed by atoms with Crippen molar-refractivity contribution in [2.45, 2.75) is 31.0 Å². The fourth-order valence-corrected chi connectivity index (χ4v) is 4.10. The first-order valence-corrected chi connectivity index (χ1v) is 10.6. The van der Waals surface area contributed by atoms with E-state index in [0.29, 0.717) is 24.4 Å². The van der Waals surface area contributed by atoms with Gasteiger partial charge >= 0.3 is 0 Å². The molecule has 1 aliphatic heterocycles. The molecule has 1 fully saturated rings. The Morgan fingerprint density at radius 3 is 2.69 bits per heavy atom. The maximum absolute atomic E-state index is 13.0. The van der Waals surface area contributed by atoms with Crippen LogP contribution in [0.5, 0.6) is 0 Å². The molecule has 0 radical (unpaired) electrons. The lowest BCUT2D eigenvalue weighted by Gasteiger charge is -2.17. The molecule has 9 heteroatoms. The van der Waals surface area contributed by atoms with Gasteiger partial charge in [-0.25, -0.2) is 4.39 Å². The molecule has 7 nitrogen and oxygen atoms in total. The third kappa shape index (κ3) is 4.97. The number of benzene rings is 1. The van der Waals surface area contributed by atoms with Crippen LogP contribution in [0, 0.1) is 5.82 Å². The first-order valence-electron chi connectivity index (χ1n) is 9.58. The van der Waals surface area contributed by atoms with Gasteiger partial charge in [0, 0.05) is 31.0 Å². The van der Waals surface area contributed by atoms with E-state index in [0.717, 1.165) is 42.8 Å². The fourth-order valence-electron chi connectivity index (χ4n) is 3.23. The smallest absolute Gasteiger partial charge is 0.228 e.